The third-order valence-corrected chi connectivity index (χ3v) is 16.1. The van der Waals surface area contributed by atoms with E-state index in [0.29, 0.717) is 0 Å². The summed E-state index contributed by atoms with van der Waals surface area (Å²) in [6.07, 6.45) is 0. The Hall–Kier alpha value is -9.27. The number of aromatic nitrogens is 4. The molecule has 0 unspecified atom stereocenters. The lowest BCUT2D eigenvalue weighted by Gasteiger charge is -2.09. The molecule has 16 aromatic rings. The SMILES string of the molecule is Brc1cccc(-n2c3ccccc3c3cc(-c4ccc5c(c4)c4ccccc4n5-c4ccccc4)ccc32)c1.Fc1cccc(Br)c1.c1ccc(-n2c3ccccc3c3cc(-c4ccc5[nH]c6ccccc6c5c4)ccc32)cc1. The summed E-state index contributed by atoms with van der Waals surface area (Å²) in [7, 11) is 0. The molecular formula is C72H47Br2FN4. The van der Waals surface area contributed by atoms with Crippen molar-refractivity contribution in [2.45, 2.75) is 0 Å². The van der Waals surface area contributed by atoms with Gasteiger partial charge in [-0.1, -0.05) is 177 Å². The van der Waals surface area contributed by atoms with Crippen molar-refractivity contribution in [3.63, 3.8) is 0 Å². The average molecular weight is 1150 g/mol. The second-order valence-corrected chi connectivity index (χ2v) is 21.6. The Kier molecular flexibility index (Phi) is 12.3. The summed E-state index contributed by atoms with van der Waals surface area (Å²) >= 11 is 6.78. The molecule has 7 heteroatoms. The molecule has 0 aliphatic rings. The van der Waals surface area contributed by atoms with Gasteiger partial charge in [0.15, 0.2) is 0 Å². The van der Waals surface area contributed by atoms with Crippen LogP contribution in [0.2, 0.25) is 0 Å². The minimum Gasteiger partial charge on any atom is -0.355 e. The Labute approximate surface area is 472 Å². The molecule has 12 aromatic carbocycles. The van der Waals surface area contributed by atoms with Crippen LogP contribution in [0.3, 0.4) is 0 Å². The summed E-state index contributed by atoms with van der Waals surface area (Å²) in [5.74, 6) is -0.209. The Balaban J connectivity index is 0.000000127. The predicted octanol–water partition coefficient (Wildman–Crippen LogP) is 21.0. The van der Waals surface area contributed by atoms with Gasteiger partial charge in [0, 0.05) is 80.1 Å². The van der Waals surface area contributed by atoms with E-state index < -0.39 is 0 Å². The fraction of sp³-hybridized carbons (Fsp3) is 0. The van der Waals surface area contributed by atoms with Gasteiger partial charge in [-0.15, -0.1) is 0 Å². The van der Waals surface area contributed by atoms with Crippen LogP contribution >= 0.6 is 31.9 Å². The van der Waals surface area contributed by atoms with Crippen molar-refractivity contribution >= 4 is 119 Å². The van der Waals surface area contributed by atoms with Crippen LogP contribution in [0, 0.1) is 5.82 Å². The van der Waals surface area contributed by atoms with Gasteiger partial charge in [-0.25, -0.2) is 4.39 Å². The van der Waals surface area contributed by atoms with Crippen molar-refractivity contribution in [2.75, 3.05) is 0 Å². The molecule has 376 valence electrons. The maximum absolute atomic E-state index is 12.1. The molecule has 4 heterocycles. The van der Waals surface area contributed by atoms with Crippen LogP contribution < -0.4 is 0 Å². The predicted molar refractivity (Wildman–Crippen MR) is 338 cm³/mol. The van der Waals surface area contributed by atoms with Crippen LogP contribution in [0.15, 0.2) is 288 Å². The molecule has 79 heavy (non-hydrogen) atoms. The molecular weight excluding hydrogens is 1100 g/mol. The summed E-state index contributed by atoms with van der Waals surface area (Å²) in [4.78, 5) is 3.53. The lowest BCUT2D eigenvalue weighted by atomic mass is 10.0. The molecule has 0 saturated heterocycles. The molecule has 0 aliphatic carbocycles. The summed E-state index contributed by atoms with van der Waals surface area (Å²) < 4.78 is 21.1. The zero-order valence-corrected chi connectivity index (χ0v) is 45.7. The van der Waals surface area contributed by atoms with E-state index in [1.54, 1.807) is 12.1 Å². The van der Waals surface area contributed by atoms with Crippen LogP contribution in [0.1, 0.15) is 0 Å². The van der Waals surface area contributed by atoms with Crippen molar-refractivity contribution in [1.29, 1.82) is 0 Å². The minimum absolute atomic E-state index is 0.209. The topological polar surface area (TPSA) is 30.6 Å². The van der Waals surface area contributed by atoms with Gasteiger partial charge < -0.3 is 18.7 Å². The van der Waals surface area contributed by atoms with E-state index >= 15 is 0 Å². The molecule has 0 saturated carbocycles. The molecule has 0 aliphatic heterocycles. The monoisotopic (exact) mass is 1140 g/mol. The van der Waals surface area contributed by atoms with Crippen molar-refractivity contribution in [2.24, 2.45) is 0 Å². The number of hydrogen-bond acceptors (Lipinski definition) is 0. The Morgan fingerprint density at radius 2 is 0.608 bits per heavy atom. The van der Waals surface area contributed by atoms with Gasteiger partial charge in [-0.3, -0.25) is 0 Å². The first-order valence-corrected chi connectivity index (χ1v) is 27.9. The zero-order valence-electron chi connectivity index (χ0n) is 42.5. The van der Waals surface area contributed by atoms with Crippen LogP contribution in [-0.4, -0.2) is 18.7 Å². The number of halogens is 3. The van der Waals surface area contributed by atoms with E-state index in [4.69, 9.17) is 0 Å². The number of hydrogen-bond donors (Lipinski definition) is 1. The highest BCUT2D eigenvalue weighted by molar-refractivity contribution is 9.10. The van der Waals surface area contributed by atoms with Gasteiger partial charge >= 0.3 is 0 Å². The minimum atomic E-state index is -0.209. The van der Waals surface area contributed by atoms with Crippen LogP contribution in [0.4, 0.5) is 4.39 Å². The molecule has 4 aromatic heterocycles. The highest BCUT2D eigenvalue weighted by Crippen LogP contribution is 2.40. The molecule has 0 atom stereocenters. The molecule has 0 bridgehead atoms. The molecule has 0 fully saturated rings. The van der Waals surface area contributed by atoms with Crippen molar-refractivity contribution in [1.82, 2.24) is 18.7 Å². The maximum atomic E-state index is 12.1. The van der Waals surface area contributed by atoms with Crippen molar-refractivity contribution in [3.8, 4) is 39.3 Å². The molecule has 0 spiro atoms. The number of para-hydroxylation sites is 6. The highest BCUT2D eigenvalue weighted by atomic mass is 79.9. The number of nitrogens with zero attached hydrogens (tertiary/aromatic N) is 3. The molecule has 0 amide bonds. The summed E-state index contributed by atoms with van der Waals surface area (Å²) in [5, 5.41) is 10.2. The Bertz CT molecular complexity index is 4930. The first-order chi connectivity index (χ1) is 38.9. The number of fused-ring (bicyclic) bond motifs is 12. The highest BCUT2D eigenvalue weighted by Gasteiger charge is 2.17. The second kappa shape index (κ2) is 20.3. The summed E-state index contributed by atoms with van der Waals surface area (Å²) in [6, 6.07) is 97.9. The molecule has 0 radical (unpaired) electrons. The normalized spacial score (nSPS) is 11.5. The molecule has 4 nitrogen and oxygen atoms in total. The molecule has 16 rings (SSSR count). The van der Waals surface area contributed by atoms with Crippen LogP contribution in [0.25, 0.3) is 127 Å². The van der Waals surface area contributed by atoms with Gasteiger partial charge in [0.25, 0.3) is 0 Å². The van der Waals surface area contributed by atoms with Gasteiger partial charge in [-0.05, 0) is 156 Å². The standard InChI is InChI=1S/C36H23BrN2.C30H20N2.C6H4BrF/c37-26-9-8-12-28(23-26)39-34-16-7-5-14-30(34)32-22-25(18-20-36(32)39)24-17-19-35-31(21-24)29-13-4-6-15-33(29)38(35)27-10-2-1-3-11-27;1-2-8-22(9-3-1)32-29-13-7-5-11-24(29)26-19-21(15-17-30(26)32)20-14-16-28-25(18-20)23-10-4-6-12-27(23)31-28;7-5-2-1-3-6(8)4-5/h1-23H;1-19,31H;1-4H. The molecule has 1 N–H and O–H groups in total. The number of H-pyrrole nitrogens is 1. The van der Waals surface area contributed by atoms with E-state index in [0.717, 1.165) is 14.6 Å². The van der Waals surface area contributed by atoms with Gasteiger partial charge in [0.2, 0.25) is 0 Å². The summed E-state index contributed by atoms with van der Waals surface area (Å²) in [6.45, 7) is 0. The number of aromatic amines is 1. The quantitative estimate of drug-likeness (QED) is 0.178. The zero-order chi connectivity index (χ0) is 53.0. The number of nitrogens with one attached hydrogen (secondary N) is 1. The van der Waals surface area contributed by atoms with Gasteiger partial charge in [0.05, 0.1) is 33.1 Å². The summed E-state index contributed by atoms with van der Waals surface area (Å²) in [5.41, 5.74) is 18.1. The van der Waals surface area contributed by atoms with Crippen LogP contribution in [0.5, 0.6) is 0 Å². The fourth-order valence-corrected chi connectivity index (χ4v) is 12.3. The van der Waals surface area contributed by atoms with Gasteiger partial charge in [-0.2, -0.15) is 0 Å². The van der Waals surface area contributed by atoms with E-state index in [-0.39, 0.29) is 5.82 Å². The van der Waals surface area contributed by atoms with Crippen LogP contribution in [-0.2, 0) is 0 Å². The smallest absolute Gasteiger partial charge is 0.124 e. The van der Waals surface area contributed by atoms with E-state index in [2.05, 4.69) is 305 Å². The first kappa shape index (κ1) is 48.1. The van der Waals surface area contributed by atoms with E-state index in [1.165, 1.54) is 133 Å². The third-order valence-electron chi connectivity index (χ3n) is 15.1. The van der Waals surface area contributed by atoms with Crippen molar-refractivity contribution in [3.05, 3.63) is 294 Å². The Morgan fingerprint density at radius 1 is 0.253 bits per heavy atom. The van der Waals surface area contributed by atoms with E-state index in [1.807, 2.05) is 0 Å². The Morgan fingerprint density at radius 3 is 1.06 bits per heavy atom. The van der Waals surface area contributed by atoms with E-state index in [9.17, 15) is 4.39 Å². The average Bonchev–Trinajstić information content (AvgIpc) is 4.44. The third kappa shape index (κ3) is 8.78. The lowest BCUT2D eigenvalue weighted by molar-refractivity contribution is 0.627. The van der Waals surface area contributed by atoms with Gasteiger partial charge in [0.1, 0.15) is 5.82 Å². The number of rotatable bonds is 5. The van der Waals surface area contributed by atoms with Crippen molar-refractivity contribution < 1.29 is 4.39 Å². The largest absolute Gasteiger partial charge is 0.355 e. The number of benzene rings is 12. The second-order valence-electron chi connectivity index (χ2n) is 19.8. The lowest BCUT2D eigenvalue weighted by Crippen LogP contribution is -1.93. The first-order valence-electron chi connectivity index (χ1n) is 26.3. The fourth-order valence-electron chi connectivity index (χ4n) is 11.5. The maximum Gasteiger partial charge on any atom is 0.124 e.